The Morgan fingerprint density at radius 1 is 1.57 bits per heavy atom. The fraction of sp³-hybridized carbons (Fsp3) is 1.00. The minimum atomic E-state index is -1.07. The Labute approximate surface area is 45.3 Å². The quantitative estimate of drug-likeness (QED) is 0.418. The normalized spacial score (nSPS) is 12.0. The van der Waals surface area contributed by atoms with Crippen LogP contribution in [0.4, 0.5) is 0 Å². The summed E-state index contributed by atoms with van der Waals surface area (Å²) in [6, 6.07) is -1.07. The summed E-state index contributed by atoms with van der Waals surface area (Å²) in [6.45, 7) is 2.02. The van der Waals surface area contributed by atoms with Gasteiger partial charge in [0.15, 0.2) is 6.03 Å². The highest BCUT2D eigenvalue weighted by Gasteiger charge is 1.91. The molecule has 0 aliphatic heterocycles. The predicted molar refractivity (Wildman–Crippen MR) is 31.7 cm³/mol. The van der Waals surface area contributed by atoms with Crippen LogP contribution in [0.5, 0.6) is 0 Å². The van der Waals surface area contributed by atoms with Gasteiger partial charge in [0, 0.05) is 0 Å². The molecule has 0 rings (SSSR count). The second kappa shape index (κ2) is 4.51. The van der Waals surface area contributed by atoms with Crippen LogP contribution in [0.3, 0.4) is 0 Å². The van der Waals surface area contributed by atoms with E-state index >= 15 is 0 Å². The Hall–Kier alpha value is 0.350. The molecule has 0 heterocycles. The molecule has 0 aliphatic rings. The van der Waals surface area contributed by atoms with Gasteiger partial charge in [-0.3, -0.25) is 0 Å². The van der Waals surface area contributed by atoms with Crippen molar-refractivity contribution >= 4 is 8.58 Å². The first-order chi connectivity index (χ1) is 3.27. The van der Waals surface area contributed by atoms with Gasteiger partial charge in [-0.05, 0) is 6.16 Å². The van der Waals surface area contributed by atoms with Crippen molar-refractivity contribution in [1.29, 1.82) is 0 Å². The van der Waals surface area contributed by atoms with Gasteiger partial charge >= 0.3 is 0 Å². The first kappa shape index (κ1) is 7.35. The van der Waals surface area contributed by atoms with Gasteiger partial charge in [0.05, 0.1) is 0 Å². The van der Waals surface area contributed by atoms with Gasteiger partial charge in [-0.25, -0.2) is 0 Å². The van der Waals surface area contributed by atoms with Crippen LogP contribution in [-0.2, 0) is 0 Å². The van der Waals surface area contributed by atoms with E-state index in [4.69, 9.17) is 10.2 Å². The van der Waals surface area contributed by atoms with E-state index in [1.165, 1.54) is 0 Å². The first-order valence-electron chi connectivity index (χ1n) is 2.37. The lowest BCUT2D eigenvalue weighted by Gasteiger charge is -1.98. The van der Waals surface area contributed by atoms with Gasteiger partial charge in [0.2, 0.25) is 0 Å². The average Bonchev–Trinajstić information content (AvgIpc) is 1.61. The maximum atomic E-state index is 8.25. The molecule has 0 aromatic heterocycles. The van der Waals surface area contributed by atoms with E-state index in [1.807, 2.05) is 6.92 Å². The number of aliphatic hydroxyl groups is 2. The summed E-state index contributed by atoms with van der Waals surface area (Å²) in [4.78, 5) is 0. The van der Waals surface area contributed by atoms with Crippen LogP contribution in [0.15, 0.2) is 0 Å². The zero-order valence-corrected chi connectivity index (χ0v) is 5.39. The summed E-state index contributed by atoms with van der Waals surface area (Å²) in [5.74, 6) is 0. The smallest absolute Gasteiger partial charge is 0.167 e. The summed E-state index contributed by atoms with van der Waals surface area (Å²) in [7, 11) is 0.300. The number of hydrogen-bond donors (Lipinski definition) is 2. The molecule has 0 aromatic rings. The fourth-order valence-electron chi connectivity index (χ4n) is 0.273. The summed E-state index contributed by atoms with van der Waals surface area (Å²) in [5.41, 5.74) is 0. The molecule has 0 amide bonds. The van der Waals surface area contributed by atoms with Crippen LogP contribution in [0.25, 0.3) is 0 Å². The molecule has 0 bridgehead atoms. The lowest BCUT2D eigenvalue weighted by molar-refractivity contribution is 0.0371. The monoisotopic (exact) mass is 122 g/mol. The maximum absolute atomic E-state index is 8.25. The van der Waals surface area contributed by atoms with E-state index in [1.54, 1.807) is 0 Å². The van der Waals surface area contributed by atoms with Crippen molar-refractivity contribution in [3.8, 4) is 0 Å². The van der Waals surface area contributed by atoms with Crippen molar-refractivity contribution in [3.63, 3.8) is 0 Å². The molecule has 2 nitrogen and oxygen atoms in total. The highest BCUT2D eigenvalue weighted by atomic mass is 31.1. The summed E-state index contributed by atoms with van der Waals surface area (Å²) < 4.78 is 0. The Bertz CT molecular complexity index is 38.7. The zero-order chi connectivity index (χ0) is 5.70. The molecule has 0 radical (unpaired) electrons. The largest absolute Gasteiger partial charge is 0.365 e. The van der Waals surface area contributed by atoms with E-state index in [0.717, 1.165) is 12.6 Å². The molecular weight excluding hydrogens is 111 g/mol. The lowest BCUT2D eigenvalue weighted by Crippen LogP contribution is -1.94. The summed E-state index contributed by atoms with van der Waals surface area (Å²) in [5, 5.41) is 16.5. The summed E-state index contributed by atoms with van der Waals surface area (Å²) in [6.07, 6.45) is 1.97. The lowest BCUT2D eigenvalue weighted by atomic mass is 10.6. The van der Waals surface area contributed by atoms with Crippen LogP contribution in [0, 0.1) is 0 Å². The number of rotatable bonds is 3. The molecule has 0 saturated carbocycles. The predicted octanol–water partition coefficient (Wildman–Crippen LogP) is 0.343. The molecule has 0 spiro atoms. The summed E-state index contributed by atoms with van der Waals surface area (Å²) >= 11 is 0. The highest BCUT2D eigenvalue weighted by molar-refractivity contribution is 7.38. The van der Waals surface area contributed by atoms with Gasteiger partial charge in [-0.2, -0.15) is 0 Å². The van der Waals surface area contributed by atoms with Crippen LogP contribution in [0.1, 0.15) is 13.3 Å². The topological polar surface area (TPSA) is 40.5 Å². The van der Waals surface area contributed by atoms with Crippen molar-refractivity contribution in [2.75, 3.05) is 6.16 Å². The van der Waals surface area contributed by atoms with Crippen molar-refractivity contribution in [1.82, 2.24) is 0 Å². The Morgan fingerprint density at radius 2 is 2.14 bits per heavy atom. The van der Waals surface area contributed by atoms with Crippen LogP contribution in [-0.4, -0.2) is 22.4 Å². The van der Waals surface area contributed by atoms with Crippen LogP contribution in [0.2, 0.25) is 0 Å². The van der Waals surface area contributed by atoms with Gasteiger partial charge in [-0.1, -0.05) is 21.9 Å². The average molecular weight is 122 g/mol. The first-order valence-corrected chi connectivity index (χ1v) is 3.65. The Kier molecular flexibility index (Phi) is 4.73. The standard InChI is InChI=1S/C4H11O2P/c1-2-3-7-4(5)6/h4-7H,2-3H2,1H3. The number of aliphatic hydroxyl groups excluding tert-OH is 1. The fourth-order valence-corrected chi connectivity index (χ4v) is 0.820. The van der Waals surface area contributed by atoms with Gasteiger partial charge in [0.25, 0.3) is 0 Å². The molecule has 1 unspecified atom stereocenters. The maximum Gasteiger partial charge on any atom is 0.167 e. The molecule has 0 aromatic carbocycles. The van der Waals surface area contributed by atoms with Crippen molar-refractivity contribution < 1.29 is 10.2 Å². The third kappa shape index (κ3) is 6.35. The van der Waals surface area contributed by atoms with Gasteiger partial charge < -0.3 is 10.2 Å². The Balaban J connectivity index is 2.68. The van der Waals surface area contributed by atoms with Crippen LogP contribution < -0.4 is 0 Å². The second-order valence-corrected chi connectivity index (χ2v) is 2.75. The van der Waals surface area contributed by atoms with Crippen molar-refractivity contribution in [2.24, 2.45) is 0 Å². The molecule has 0 saturated heterocycles. The van der Waals surface area contributed by atoms with Crippen LogP contribution >= 0.6 is 8.58 Å². The number of hydrogen-bond acceptors (Lipinski definition) is 2. The third-order valence-corrected chi connectivity index (χ3v) is 1.73. The van der Waals surface area contributed by atoms with E-state index in [0.29, 0.717) is 8.58 Å². The molecule has 0 aliphatic carbocycles. The van der Waals surface area contributed by atoms with Crippen molar-refractivity contribution in [2.45, 2.75) is 19.4 Å². The SMILES string of the molecule is CCCPC(O)O. The van der Waals surface area contributed by atoms with Gasteiger partial charge in [-0.15, -0.1) is 0 Å². The van der Waals surface area contributed by atoms with E-state index in [-0.39, 0.29) is 0 Å². The van der Waals surface area contributed by atoms with E-state index in [9.17, 15) is 0 Å². The highest BCUT2D eigenvalue weighted by Crippen LogP contribution is 2.13. The molecule has 7 heavy (non-hydrogen) atoms. The van der Waals surface area contributed by atoms with E-state index in [2.05, 4.69) is 0 Å². The minimum absolute atomic E-state index is 0.300. The zero-order valence-electron chi connectivity index (χ0n) is 4.39. The molecular formula is C4H11O2P. The molecule has 2 N–H and O–H groups in total. The molecule has 44 valence electrons. The van der Waals surface area contributed by atoms with E-state index < -0.39 is 6.03 Å². The van der Waals surface area contributed by atoms with Gasteiger partial charge in [0.1, 0.15) is 0 Å². The minimum Gasteiger partial charge on any atom is -0.365 e. The molecule has 1 atom stereocenters. The molecule has 0 fully saturated rings. The van der Waals surface area contributed by atoms with Crippen molar-refractivity contribution in [3.05, 3.63) is 0 Å². The molecule has 3 heteroatoms. The Morgan fingerprint density at radius 3 is 2.29 bits per heavy atom. The second-order valence-electron chi connectivity index (χ2n) is 1.33. The third-order valence-electron chi connectivity index (χ3n) is 0.577.